The molecule has 0 amide bonds. The van der Waals surface area contributed by atoms with Gasteiger partial charge in [-0.3, -0.25) is 4.79 Å². The molecule has 0 N–H and O–H groups in total. The zero-order chi connectivity index (χ0) is 14.8. The van der Waals surface area contributed by atoms with Gasteiger partial charge in [0.2, 0.25) is 0 Å². The second-order valence-corrected chi connectivity index (χ2v) is 12.0. The molecule has 2 rings (SSSR count). The number of carbonyl (C=O) groups is 1. The number of fused-ring (bicyclic) bond motifs is 1. The van der Waals surface area contributed by atoms with Crippen molar-refractivity contribution < 1.29 is 9.53 Å². The Morgan fingerprint density at radius 1 is 1.35 bits per heavy atom. The molecule has 109 valence electrons. The Hall–Kier alpha value is -1.46. The Morgan fingerprint density at radius 3 is 2.75 bits per heavy atom. The summed E-state index contributed by atoms with van der Waals surface area (Å²) in [5, 5.41) is 5.50. The van der Waals surface area contributed by atoms with E-state index in [-0.39, 0.29) is 0 Å². The molecule has 5 heteroatoms. The van der Waals surface area contributed by atoms with Crippen LogP contribution in [0.3, 0.4) is 0 Å². The topological polar surface area (TPSA) is 44.1 Å². The van der Waals surface area contributed by atoms with Crippen molar-refractivity contribution in [3.05, 3.63) is 29.5 Å². The number of nitrogens with zero attached hydrogens (tertiary/aromatic N) is 2. The number of aryl methyl sites for hydroxylation is 1. The van der Waals surface area contributed by atoms with Crippen LogP contribution in [0.15, 0.2) is 18.3 Å². The lowest BCUT2D eigenvalue weighted by Crippen LogP contribution is -2.22. The number of aldehydes is 1. The Morgan fingerprint density at radius 2 is 2.10 bits per heavy atom. The molecule has 0 spiro atoms. The Labute approximate surface area is 120 Å². The highest BCUT2D eigenvalue weighted by Crippen LogP contribution is 2.18. The normalized spacial score (nSPS) is 12.0. The molecule has 0 saturated carbocycles. The molecule has 0 bridgehead atoms. The van der Waals surface area contributed by atoms with E-state index < -0.39 is 8.07 Å². The maximum Gasteiger partial charge on any atom is 0.150 e. The summed E-state index contributed by atoms with van der Waals surface area (Å²) in [6.45, 7) is 10.2. The Balaban J connectivity index is 2.05. The van der Waals surface area contributed by atoms with E-state index in [1.165, 1.54) is 0 Å². The van der Waals surface area contributed by atoms with Crippen LogP contribution in [-0.2, 0) is 11.5 Å². The minimum absolute atomic E-state index is 0.467. The molecule has 0 unspecified atom stereocenters. The molecule has 0 aliphatic rings. The molecule has 1 aromatic carbocycles. The monoisotopic (exact) mass is 290 g/mol. The molecule has 0 saturated heterocycles. The summed E-state index contributed by atoms with van der Waals surface area (Å²) < 4.78 is 7.49. The molecule has 0 atom stereocenters. The molecule has 4 nitrogen and oxygen atoms in total. The molecular weight excluding hydrogens is 268 g/mol. The van der Waals surface area contributed by atoms with Gasteiger partial charge in [-0.1, -0.05) is 0 Å². The summed E-state index contributed by atoms with van der Waals surface area (Å²) in [4.78, 5) is 10.9. The van der Waals surface area contributed by atoms with Gasteiger partial charge in [-0.25, -0.2) is 4.68 Å². The summed E-state index contributed by atoms with van der Waals surface area (Å²) in [5.74, 6) is 0. The summed E-state index contributed by atoms with van der Waals surface area (Å²) >= 11 is 0. The van der Waals surface area contributed by atoms with E-state index in [4.69, 9.17) is 4.74 Å². The van der Waals surface area contributed by atoms with Gasteiger partial charge in [-0.05, 0) is 24.6 Å². The minimum Gasteiger partial charge on any atom is -0.362 e. The molecule has 0 aliphatic heterocycles. The smallest absolute Gasteiger partial charge is 0.150 e. The molecule has 1 aromatic heterocycles. The first kappa shape index (κ1) is 14.9. The number of ether oxygens (including phenoxy) is 1. The van der Waals surface area contributed by atoms with Crippen LogP contribution in [0.1, 0.15) is 15.9 Å². The number of carbonyl (C=O) groups excluding carboxylic acids is 1. The predicted molar refractivity (Wildman–Crippen MR) is 84.0 cm³/mol. The molecule has 2 aromatic rings. The first-order valence-electron chi connectivity index (χ1n) is 6.90. The van der Waals surface area contributed by atoms with Gasteiger partial charge in [0.1, 0.15) is 13.0 Å². The largest absolute Gasteiger partial charge is 0.362 e. The zero-order valence-electron chi connectivity index (χ0n) is 12.6. The lowest BCUT2D eigenvalue weighted by Gasteiger charge is -2.26. The molecule has 0 fully saturated rings. The van der Waals surface area contributed by atoms with Crippen LogP contribution in [0.5, 0.6) is 0 Å². The highest BCUT2D eigenvalue weighted by molar-refractivity contribution is 6.76. The third kappa shape index (κ3) is 3.77. The van der Waals surface area contributed by atoms with E-state index in [1.54, 1.807) is 4.68 Å². The van der Waals surface area contributed by atoms with Gasteiger partial charge in [0, 0.05) is 23.8 Å². The third-order valence-corrected chi connectivity index (χ3v) is 4.93. The average Bonchev–Trinajstić information content (AvgIpc) is 2.77. The van der Waals surface area contributed by atoms with E-state index in [9.17, 15) is 4.79 Å². The van der Waals surface area contributed by atoms with Crippen molar-refractivity contribution in [3.8, 4) is 0 Å². The van der Waals surface area contributed by atoms with Crippen molar-refractivity contribution in [2.24, 2.45) is 0 Å². The van der Waals surface area contributed by atoms with Crippen molar-refractivity contribution in [1.29, 1.82) is 0 Å². The van der Waals surface area contributed by atoms with E-state index in [1.807, 2.05) is 25.3 Å². The zero-order valence-corrected chi connectivity index (χ0v) is 13.6. The van der Waals surface area contributed by atoms with E-state index >= 15 is 0 Å². The van der Waals surface area contributed by atoms with Gasteiger partial charge < -0.3 is 4.74 Å². The van der Waals surface area contributed by atoms with Crippen molar-refractivity contribution in [2.75, 3.05) is 6.61 Å². The first-order chi connectivity index (χ1) is 9.39. The fourth-order valence-corrected chi connectivity index (χ4v) is 2.82. The molecule has 1 heterocycles. The van der Waals surface area contributed by atoms with Gasteiger partial charge in [0.25, 0.3) is 0 Å². The van der Waals surface area contributed by atoms with E-state index in [2.05, 4.69) is 24.7 Å². The van der Waals surface area contributed by atoms with Gasteiger partial charge in [0.15, 0.2) is 0 Å². The van der Waals surface area contributed by atoms with Crippen LogP contribution >= 0.6 is 0 Å². The Kier molecular flexibility index (Phi) is 4.40. The minimum atomic E-state index is -1.04. The molecule has 0 aliphatic carbocycles. The second kappa shape index (κ2) is 5.89. The van der Waals surface area contributed by atoms with Crippen LogP contribution < -0.4 is 0 Å². The first-order valence-corrected chi connectivity index (χ1v) is 10.6. The highest BCUT2D eigenvalue weighted by Gasteiger charge is 2.06. The quantitative estimate of drug-likeness (QED) is 0.465. The highest BCUT2D eigenvalue weighted by atomic mass is 28.3. The van der Waals surface area contributed by atoms with E-state index in [0.29, 0.717) is 12.3 Å². The number of rotatable bonds is 6. The predicted octanol–water partition coefficient (Wildman–Crippen LogP) is 3.47. The van der Waals surface area contributed by atoms with Gasteiger partial charge >= 0.3 is 0 Å². The fourth-order valence-electron chi connectivity index (χ4n) is 2.06. The van der Waals surface area contributed by atoms with Crippen LogP contribution in [-0.4, -0.2) is 30.7 Å². The number of benzene rings is 1. The van der Waals surface area contributed by atoms with Crippen molar-refractivity contribution in [1.82, 2.24) is 9.78 Å². The molecule has 0 radical (unpaired) electrons. The third-order valence-electron chi connectivity index (χ3n) is 3.22. The maximum atomic E-state index is 10.9. The van der Waals surface area contributed by atoms with Crippen LogP contribution in [0.25, 0.3) is 10.9 Å². The van der Waals surface area contributed by atoms with Gasteiger partial charge in [0.05, 0.1) is 5.52 Å². The van der Waals surface area contributed by atoms with Crippen molar-refractivity contribution in [3.63, 3.8) is 0 Å². The average molecular weight is 290 g/mol. The van der Waals surface area contributed by atoms with Gasteiger partial charge in [-0.15, -0.1) is 14.1 Å². The summed E-state index contributed by atoms with van der Waals surface area (Å²) in [7, 11) is -1.04. The lowest BCUT2D eigenvalue weighted by atomic mass is 10.1. The van der Waals surface area contributed by atoms with Crippen molar-refractivity contribution >= 4 is 25.3 Å². The maximum absolute atomic E-state index is 10.9. The molecule has 20 heavy (non-hydrogen) atoms. The van der Waals surface area contributed by atoms with Crippen molar-refractivity contribution in [2.45, 2.75) is 39.3 Å². The molecular formula is C15H22N2O2Si-. The number of hydrogen-bond acceptors (Lipinski definition) is 3. The van der Waals surface area contributed by atoms with Gasteiger partial charge in [-0.2, -0.15) is 24.7 Å². The van der Waals surface area contributed by atoms with Crippen LogP contribution in [0.2, 0.25) is 25.7 Å². The summed E-state index contributed by atoms with van der Waals surface area (Å²) in [6.07, 6.45) is 2.80. The lowest BCUT2D eigenvalue weighted by molar-refractivity contribution is 0.0791. The van der Waals surface area contributed by atoms with E-state index in [0.717, 1.165) is 35.4 Å². The second-order valence-electron chi connectivity index (χ2n) is 6.41. The standard InChI is InChI=1S/C15H22N2O2Si/c1-12-7-13(10-18)8-14-9-17(16-15(12)14)11-19-5-6-20(2,3)4/h7-10H,5-6,11H2,1-4H3/q-1. The summed E-state index contributed by atoms with van der Waals surface area (Å²) in [6, 6.07) is 4.88. The summed E-state index contributed by atoms with van der Waals surface area (Å²) in [5.41, 5.74) is 2.64. The fraction of sp³-hybridized carbons (Fsp3) is 0.467. The van der Waals surface area contributed by atoms with Crippen LogP contribution in [0.4, 0.5) is 0 Å². The number of hydrogen-bond donors (Lipinski definition) is 0. The Bertz CT molecular complexity index is 614. The SMILES string of the molecule is Cc1cc(C=O)cc2cn(COCC[Si-](C)(C)C)nc12. The van der Waals surface area contributed by atoms with Crippen LogP contribution in [0, 0.1) is 6.92 Å². The number of aromatic nitrogens is 2.